The van der Waals surface area contributed by atoms with Gasteiger partial charge in [0.15, 0.2) is 12.4 Å². The van der Waals surface area contributed by atoms with Crippen molar-refractivity contribution in [2.24, 2.45) is 0 Å². The molecule has 56 valence electrons. The van der Waals surface area contributed by atoms with E-state index in [2.05, 4.69) is 4.98 Å². The zero-order valence-electron chi connectivity index (χ0n) is 4.99. The molecule has 0 saturated heterocycles. The molecule has 1 heterocycles. The lowest BCUT2D eigenvalue weighted by Gasteiger charge is -1.63. The third kappa shape index (κ3) is 10.0. The Bertz CT molecular complexity index is 150. The van der Waals surface area contributed by atoms with Crippen LogP contribution >= 0.6 is 0 Å². The highest BCUT2D eigenvalue weighted by Crippen LogP contribution is 1.68. The summed E-state index contributed by atoms with van der Waals surface area (Å²) in [4.78, 5) is 2.89. The molecule has 0 unspecified atom stereocenters. The molecule has 1 aromatic heterocycles. The molecule has 0 fully saturated rings. The van der Waals surface area contributed by atoms with Crippen molar-refractivity contribution in [2.45, 2.75) is 0 Å². The molecular weight excluding hydrogens is 157 g/mol. The summed E-state index contributed by atoms with van der Waals surface area (Å²) in [5, 5.41) is 0. The number of H-pyrrole nitrogens is 1. The van der Waals surface area contributed by atoms with Crippen LogP contribution in [0, 0.1) is 0 Å². The van der Waals surface area contributed by atoms with E-state index in [0.29, 0.717) is 0 Å². The van der Waals surface area contributed by atoms with E-state index >= 15 is 0 Å². The highest BCUT2D eigenvalue weighted by molar-refractivity contribution is 7.51. The van der Waals surface area contributed by atoms with Crippen LogP contribution in [0.4, 0.5) is 0 Å². The largest absolute Gasteiger partial charge is 1.00 e. The monoisotopic (exact) mass is 163 g/mol. The van der Waals surface area contributed by atoms with Gasteiger partial charge in [0, 0.05) is 12.1 Å². The summed E-state index contributed by atoms with van der Waals surface area (Å²) >= 11 is -0.750. The number of halogens is 1. The fourth-order valence-electron chi connectivity index (χ4n) is 0.342. The Hall–Kier alpha value is -1.10. The van der Waals surface area contributed by atoms with E-state index in [0.717, 1.165) is 0 Å². The topological polar surface area (TPSA) is 48.3 Å². The zero-order valence-corrected chi connectivity index (χ0v) is 5.81. The molecule has 0 spiro atoms. The van der Waals surface area contributed by atoms with Gasteiger partial charge in [-0.15, -0.1) is 0 Å². The average molecular weight is 163 g/mol. The average Bonchev–Trinajstić information content (AvgIpc) is 1.93. The number of aromatic amines is 1. The van der Waals surface area contributed by atoms with Gasteiger partial charge in [-0.3, -0.25) is 0 Å². The van der Waals surface area contributed by atoms with Crippen LogP contribution < -0.4 is 9.69 Å². The molecule has 1 aromatic rings. The summed E-state index contributed by atoms with van der Waals surface area (Å²) in [6.07, 6.45) is 3.75. The van der Waals surface area contributed by atoms with Gasteiger partial charge in [-0.2, -0.15) is 8.42 Å². The van der Waals surface area contributed by atoms with Crippen LogP contribution in [0.2, 0.25) is 0 Å². The van der Waals surface area contributed by atoms with E-state index in [1.165, 1.54) is 0 Å². The van der Waals surface area contributed by atoms with Gasteiger partial charge < -0.3 is 4.70 Å². The van der Waals surface area contributed by atoms with Crippen LogP contribution in [0.1, 0.15) is 0 Å². The predicted octanol–water partition coefficient (Wildman–Crippen LogP) is -3.17. The van der Waals surface area contributed by atoms with E-state index in [1.807, 2.05) is 30.6 Å². The smallest absolute Gasteiger partial charge is 0.335 e. The summed E-state index contributed by atoms with van der Waals surface area (Å²) in [5.74, 6) is 0. The molecule has 0 aliphatic rings. The zero-order chi connectivity index (χ0) is 6.95. The first kappa shape index (κ1) is 11.7. The molecular formula is C5H6FNO2S. The van der Waals surface area contributed by atoms with Gasteiger partial charge in [0.05, 0.1) is 0 Å². The SMILES string of the molecule is O=S=O.[F-].c1cc[nH+]cc1. The van der Waals surface area contributed by atoms with E-state index < -0.39 is 11.6 Å². The molecule has 1 rings (SSSR count). The minimum Gasteiger partial charge on any atom is -1.00 e. The molecule has 0 aliphatic carbocycles. The van der Waals surface area contributed by atoms with Crippen molar-refractivity contribution in [2.75, 3.05) is 0 Å². The Morgan fingerprint density at radius 2 is 1.40 bits per heavy atom. The minimum absolute atomic E-state index is 0. The molecule has 0 radical (unpaired) electrons. The predicted molar refractivity (Wildman–Crippen MR) is 31.9 cm³/mol. The van der Waals surface area contributed by atoms with Crippen molar-refractivity contribution >= 4 is 11.6 Å². The molecule has 0 saturated carbocycles. The normalized spacial score (nSPS) is 6.00. The van der Waals surface area contributed by atoms with Gasteiger partial charge in [-0.25, -0.2) is 4.98 Å². The Morgan fingerprint density at radius 1 is 1.00 bits per heavy atom. The molecule has 1 N–H and O–H groups in total. The van der Waals surface area contributed by atoms with E-state index in [1.54, 1.807) is 0 Å². The number of hydrogen-bond donors (Lipinski definition) is 0. The second kappa shape index (κ2) is 10.8. The Balaban J connectivity index is 0. The lowest BCUT2D eigenvalue weighted by molar-refractivity contribution is -0.377. The van der Waals surface area contributed by atoms with E-state index in [9.17, 15) is 0 Å². The molecule has 0 amide bonds. The Kier molecular flexibility index (Phi) is 12.6. The summed E-state index contributed by atoms with van der Waals surface area (Å²) in [5.41, 5.74) is 0. The second-order valence-electron chi connectivity index (χ2n) is 1.15. The fourth-order valence-corrected chi connectivity index (χ4v) is 0.342. The molecule has 0 aromatic carbocycles. The van der Waals surface area contributed by atoms with Crippen molar-refractivity contribution in [3.05, 3.63) is 30.6 Å². The van der Waals surface area contributed by atoms with Crippen LogP contribution in [0.5, 0.6) is 0 Å². The van der Waals surface area contributed by atoms with Crippen LogP contribution in [-0.2, 0) is 11.6 Å². The molecule has 5 heteroatoms. The molecule has 0 aliphatic heterocycles. The van der Waals surface area contributed by atoms with Gasteiger partial charge in [0.25, 0.3) is 0 Å². The maximum absolute atomic E-state index is 8.29. The Labute approximate surface area is 61.1 Å². The molecule has 3 nitrogen and oxygen atoms in total. The van der Waals surface area contributed by atoms with Crippen molar-refractivity contribution in [3.63, 3.8) is 0 Å². The highest BCUT2D eigenvalue weighted by Gasteiger charge is 1.65. The van der Waals surface area contributed by atoms with E-state index in [-0.39, 0.29) is 4.70 Å². The van der Waals surface area contributed by atoms with Crippen LogP contribution in [-0.4, -0.2) is 8.42 Å². The number of aromatic nitrogens is 1. The standard InChI is InChI=1S/C5H5N.FH.O2S/c1-2-4-6-5-3-1;;1-3-2/h1-5H;1H;. The first-order chi connectivity index (χ1) is 4.41. The minimum atomic E-state index is -0.750. The summed E-state index contributed by atoms with van der Waals surface area (Å²) < 4.78 is 16.6. The summed E-state index contributed by atoms with van der Waals surface area (Å²) in [6, 6.07) is 5.86. The maximum atomic E-state index is 8.29. The number of rotatable bonds is 0. The van der Waals surface area contributed by atoms with Crippen LogP contribution in [0.25, 0.3) is 0 Å². The molecule has 0 bridgehead atoms. The first-order valence-electron chi connectivity index (χ1n) is 2.24. The third-order valence-corrected chi connectivity index (χ3v) is 0.607. The van der Waals surface area contributed by atoms with Crippen LogP contribution in [0.15, 0.2) is 30.6 Å². The second-order valence-corrected chi connectivity index (χ2v) is 1.28. The lowest BCUT2D eigenvalue weighted by Crippen LogP contribution is -3.00. The number of hydrogen-bond acceptors (Lipinski definition) is 2. The van der Waals surface area contributed by atoms with Gasteiger partial charge in [0.2, 0.25) is 0 Å². The van der Waals surface area contributed by atoms with Crippen molar-refractivity contribution in [3.8, 4) is 0 Å². The lowest BCUT2D eigenvalue weighted by atomic mass is 10.5. The van der Waals surface area contributed by atoms with Crippen LogP contribution in [0.3, 0.4) is 0 Å². The maximum Gasteiger partial charge on any atom is 0.335 e. The highest BCUT2D eigenvalue weighted by atomic mass is 32.1. The third-order valence-electron chi connectivity index (χ3n) is 0.607. The van der Waals surface area contributed by atoms with Crippen molar-refractivity contribution in [1.82, 2.24) is 0 Å². The summed E-state index contributed by atoms with van der Waals surface area (Å²) in [6.45, 7) is 0. The van der Waals surface area contributed by atoms with Gasteiger partial charge in [-0.1, -0.05) is 6.07 Å². The fraction of sp³-hybridized carbons (Fsp3) is 0. The molecule has 10 heavy (non-hydrogen) atoms. The van der Waals surface area contributed by atoms with Gasteiger partial charge in [-0.05, 0) is 0 Å². The quantitative estimate of drug-likeness (QED) is 0.405. The summed E-state index contributed by atoms with van der Waals surface area (Å²) in [7, 11) is 0. The van der Waals surface area contributed by atoms with Crippen molar-refractivity contribution in [1.29, 1.82) is 0 Å². The van der Waals surface area contributed by atoms with Crippen molar-refractivity contribution < 1.29 is 18.1 Å². The van der Waals surface area contributed by atoms with E-state index in [4.69, 9.17) is 8.42 Å². The van der Waals surface area contributed by atoms with Gasteiger partial charge in [0.1, 0.15) is 0 Å². The van der Waals surface area contributed by atoms with Gasteiger partial charge >= 0.3 is 11.6 Å². The first-order valence-corrected chi connectivity index (χ1v) is 2.91. The molecule has 0 atom stereocenters. The number of nitrogens with one attached hydrogen (secondary N) is 1. The number of pyridine rings is 1. The Morgan fingerprint density at radius 3 is 1.50 bits per heavy atom.